The quantitative estimate of drug-likeness (QED) is 0.747. The van der Waals surface area contributed by atoms with Crippen molar-refractivity contribution in [1.82, 2.24) is 19.7 Å². The molecule has 1 saturated heterocycles. The van der Waals surface area contributed by atoms with Gasteiger partial charge in [0, 0.05) is 24.9 Å². The van der Waals surface area contributed by atoms with Gasteiger partial charge in [-0.15, -0.1) is 0 Å². The summed E-state index contributed by atoms with van der Waals surface area (Å²) in [6, 6.07) is -0.219. The van der Waals surface area contributed by atoms with Gasteiger partial charge in [0.25, 0.3) is 0 Å². The van der Waals surface area contributed by atoms with Crippen molar-refractivity contribution in [3.63, 3.8) is 0 Å². The van der Waals surface area contributed by atoms with Gasteiger partial charge in [-0.25, -0.2) is 13.4 Å². The van der Waals surface area contributed by atoms with E-state index in [9.17, 15) is 21.6 Å². The number of hydrogen-bond donors (Lipinski definition) is 2. The van der Waals surface area contributed by atoms with Crippen LogP contribution in [-0.2, 0) is 16.0 Å². The molecule has 0 unspecified atom stereocenters. The molecule has 0 radical (unpaired) electrons. The van der Waals surface area contributed by atoms with Gasteiger partial charge in [-0.1, -0.05) is 0 Å². The van der Waals surface area contributed by atoms with Crippen molar-refractivity contribution in [3.05, 3.63) is 23.7 Å². The molecule has 2 aromatic heterocycles. The van der Waals surface area contributed by atoms with E-state index < -0.39 is 21.6 Å². The Bertz CT molecular complexity index is 988. The predicted molar refractivity (Wildman–Crippen MR) is 96.4 cm³/mol. The Labute approximate surface area is 159 Å². The maximum absolute atomic E-state index is 13.1. The number of anilines is 3. The van der Waals surface area contributed by atoms with E-state index >= 15 is 0 Å². The highest BCUT2D eigenvalue weighted by molar-refractivity contribution is 7.92. The Morgan fingerprint density at radius 1 is 1.29 bits per heavy atom. The molecule has 0 amide bonds. The average molecular weight is 416 g/mol. The predicted octanol–water partition coefficient (Wildman–Crippen LogP) is 2.71. The van der Waals surface area contributed by atoms with Gasteiger partial charge in [0.05, 0.1) is 28.9 Å². The van der Waals surface area contributed by atoms with Gasteiger partial charge in [0.2, 0.25) is 5.95 Å². The van der Waals surface area contributed by atoms with Crippen LogP contribution in [0.3, 0.4) is 0 Å². The third-order valence-electron chi connectivity index (χ3n) is 4.68. The number of nitrogens with zero attached hydrogens (tertiary/aromatic N) is 4. The molecule has 28 heavy (non-hydrogen) atoms. The summed E-state index contributed by atoms with van der Waals surface area (Å²) in [5, 5.41) is 10.1. The Morgan fingerprint density at radius 2 is 2.00 bits per heavy atom. The van der Waals surface area contributed by atoms with Crippen LogP contribution in [0.15, 0.2) is 12.4 Å². The van der Waals surface area contributed by atoms with Crippen LogP contribution in [0, 0.1) is 0 Å². The number of sulfone groups is 1. The van der Waals surface area contributed by atoms with Crippen LogP contribution >= 0.6 is 0 Å². The maximum Gasteiger partial charge on any atom is 0.421 e. The van der Waals surface area contributed by atoms with E-state index in [4.69, 9.17) is 0 Å². The first-order valence-corrected chi connectivity index (χ1v) is 10.7. The topological polar surface area (TPSA) is 102 Å². The van der Waals surface area contributed by atoms with Crippen molar-refractivity contribution >= 4 is 27.3 Å². The van der Waals surface area contributed by atoms with Crippen molar-refractivity contribution in [2.75, 3.05) is 28.7 Å². The van der Waals surface area contributed by atoms with Gasteiger partial charge in [-0.05, 0) is 19.8 Å². The number of nitrogens with one attached hydrogen (secondary N) is 2. The second-order valence-corrected chi connectivity index (χ2v) is 9.18. The molecule has 1 aliphatic heterocycles. The van der Waals surface area contributed by atoms with E-state index in [0.717, 1.165) is 24.7 Å². The summed E-state index contributed by atoms with van der Waals surface area (Å²) in [5.74, 6) is 0.0618. The molecule has 152 valence electrons. The van der Waals surface area contributed by atoms with Crippen LogP contribution < -0.4 is 10.6 Å². The lowest BCUT2D eigenvalue weighted by Crippen LogP contribution is -2.38. The molecule has 3 heterocycles. The molecule has 2 fully saturated rings. The normalized spacial score (nSPS) is 19.3. The fourth-order valence-corrected chi connectivity index (χ4v) is 4.49. The van der Waals surface area contributed by atoms with Crippen molar-refractivity contribution in [2.45, 2.75) is 37.9 Å². The lowest BCUT2D eigenvalue weighted by Gasteiger charge is -2.25. The monoisotopic (exact) mass is 416 g/mol. The van der Waals surface area contributed by atoms with Gasteiger partial charge in [-0.2, -0.15) is 23.3 Å². The largest absolute Gasteiger partial charge is 0.421 e. The van der Waals surface area contributed by atoms with Crippen LogP contribution in [-0.4, -0.2) is 46.2 Å². The lowest BCUT2D eigenvalue weighted by molar-refractivity contribution is -0.137. The van der Waals surface area contributed by atoms with Crippen LogP contribution in [0.2, 0.25) is 0 Å². The Hall–Kier alpha value is -2.37. The van der Waals surface area contributed by atoms with Crippen LogP contribution in [0.4, 0.5) is 30.6 Å². The summed E-state index contributed by atoms with van der Waals surface area (Å²) < 4.78 is 63.8. The Balaban J connectivity index is 1.62. The third-order valence-corrected chi connectivity index (χ3v) is 6.46. The van der Waals surface area contributed by atoms with Gasteiger partial charge in [0.15, 0.2) is 9.84 Å². The highest BCUT2D eigenvalue weighted by Gasteiger charge is 2.38. The molecule has 1 saturated carbocycles. The third kappa shape index (κ3) is 3.77. The van der Waals surface area contributed by atoms with Crippen LogP contribution in [0.1, 0.15) is 43.0 Å². The van der Waals surface area contributed by atoms with Crippen molar-refractivity contribution in [3.8, 4) is 0 Å². The minimum absolute atomic E-state index is 0.0200. The van der Waals surface area contributed by atoms with E-state index in [1.54, 1.807) is 17.8 Å². The smallest absolute Gasteiger partial charge is 0.370 e. The van der Waals surface area contributed by atoms with Gasteiger partial charge >= 0.3 is 6.18 Å². The summed E-state index contributed by atoms with van der Waals surface area (Å²) in [7, 11) is -3.00. The molecule has 0 bridgehead atoms. The zero-order valence-corrected chi connectivity index (χ0v) is 15.8. The number of alkyl halides is 3. The van der Waals surface area contributed by atoms with E-state index in [1.165, 1.54) is 0 Å². The molecule has 8 nitrogen and oxygen atoms in total. The molecular weight excluding hydrogens is 397 g/mol. The zero-order chi connectivity index (χ0) is 20.1. The van der Waals surface area contributed by atoms with Crippen molar-refractivity contribution < 1.29 is 21.6 Å². The number of hydrogen-bond acceptors (Lipinski definition) is 7. The van der Waals surface area contributed by atoms with E-state index in [-0.39, 0.29) is 41.8 Å². The highest BCUT2D eigenvalue weighted by atomic mass is 32.2. The molecular formula is C16H19F3N6O2S. The SMILES string of the molecule is CCNc1nc(Nc2cn(C3CS(=O)(=O)C3)nc2C2CC2)ncc1C(F)(F)F. The van der Waals surface area contributed by atoms with E-state index in [1.807, 2.05) is 0 Å². The zero-order valence-electron chi connectivity index (χ0n) is 15.0. The first-order valence-electron chi connectivity index (χ1n) is 8.91. The molecule has 2 N–H and O–H groups in total. The lowest BCUT2D eigenvalue weighted by atomic mass is 10.2. The second-order valence-electron chi connectivity index (χ2n) is 7.02. The minimum atomic E-state index is -4.56. The second kappa shape index (κ2) is 6.61. The number of rotatable bonds is 6. The first-order chi connectivity index (χ1) is 13.2. The standard InChI is InChI=1S/C16H19F3N6O2S/c1-2-20-14-11(16(17,18)19)5-21-15(23-14)22-12-6-25(10-7-28(26,27)8-10)24-13(12)9-3-4-9/h5-6,9-10H,2-4,7-8H2,1H3,(H2,20,21,22,23). The van der Waals surface area contributed by atoms with Gasteiger partial charge in [-0.3, -0.25) is 4.68 Å². The van der Waals surface area contributed by atoms with E-state index in [0.29, 0.717) is 5.69 Å². The summed E-state index contributed by atoms with van der Waals surface area (Å²) in [4.78, 5) is 7.77. The molecule has 2 aromatic rings. The average Bonchev–Trinajstić information content (AvgIpc) is 3.33. The number of halogens is 3. The Kier molecular flexibility index (Phi) is 4.47. The fourth-order valence-electron chi connectivity index (χ4n) is 3.11. The van der Waals surface area contributed by atoms with Crippen molar-refractivity contribution in [2.24, 2.45) is 0 Å². The summed E-state index contributed by atoms with van der Waals surface area (Å²) in [6.07, 6.45) is -0.208. The highest BCUT2D eigenvalue weighted by Crippen LogP contribution is 2.44. The van der Waals surface area contributed by atoms with Gasteiger partial charge in [0.1, 0.15) is 11.4 Å². The first kappa shape index (κ1) is 19.0. The molecule has 12 heteroatoms. The molecule has 0 spiro atoms. The minimum Gasteiger partial charge on any atom is -0.370 e. The molecule has 1 aliphatic carbocycles. The van der Waals surface area contributed by atoms with Crippen LogP contribution in [0.25, 0.3) is 0 Å². The molecule has 4 rings (SSSR count). The fraction of sp³-hybridized carbons (Fsp3) is 0.562. The van der Waals surface area contributed by atoms with Crippen LogP contribution in [0.5, 0.6) is 0 Å². The number of aromatic nitrogens is 4. The molecule has 0 atom stereocenters. The summed E-state index contributed by atoms with van der Waals surface area (Å²) in [5.41, 5.74) is 0.421. The van der Waals surface area contributed by atoms with E-state index in [2.05, 4.69) is 25.7 Å². The molecule has 0 aromatic carbocycles. The summed E-state index contributed by atoms with van der Waals surface area (Å²) in [6.45, 7) is 1.96. The van der Waals surface area contributed by atoms with Crippen molar-refractivity contribution in [1.29, 1.82) is 0 Å². The summed E-state index contributed by atoms with van der Waals surface area (Å²) >= 11 is 0. The maximum atomic E-state index is 13.1. The molecule has 2 aliphatic rings. The Morgan fingerprint density at radius 3 is 2.57 bits per heavy atom. The van der Waals surface area contributed by atoms with Gasteiger partial charge < -0.3 is 10.6 Å².